The fourth-order valence-electron chi connectivity index (χ4n) is 5.78. The second kappa shape index (κ2) is 13.1. The van der Waals surface area contributed by atoms with Crippen molar-refractivity contribution in [2.24, 2.45) is 0 Å². The Balaban J connectivity index is 1.18. The van der Waals surface area contributed by atoms with E-state index in [0.717, 1.165) is 16.0 Å². The summed E-state index contributed by atoms with van der Waals surface area (Å²) < 4.78 is 0. The van der Waals surface area contributed by atoms with E-state index in [4.69, 9.17) is 0 Å². The van der Waals surface area contributed by atoms with E-state index < -0.39 is 11.9 Å². The molecule has 1 aromatic heterocycles. The average Bonchev–Trinajstić information content (AvgIpc) is 3.61. The summed E-state index contributed by atoms with van der Waals surface area (Å²) in [7, 11) is 0. The van der Waals surface area contributed by atoms with Crippen LogP contribution in [-0.2, 0) is 9.59 Å². The molecule has 0 spiro atoms. The zero-order valence-corrected chi connectivity index (χ0v) is 26.3. The van der Waals surface area contributed by atoms with Crippen LogP contribution in [0.15, 0.2) is 133 Å². The number of benzene rings is 4. The van der Waals surface area contributed by atoms with Crippen LogP contribution in [0.1, 0.15) is 45.6 Å². The van der Waals surface area contributed by atoms with Gasteiger partial charge in [0.2, 0.25) is 0 Å². The lowest BCUT2D eigenvalue weighted by Gasteiger charge is -2.17. The van der Waals surface area contributed by atoms with Crippen molar-refractivity contribution >= 4 is 58.2 Å². The van der Waals surface area contributed by atoms with E-state index in [1.807, 2.05) is 67.6 Å². The molecular weight excluding hydrogens is 616 g/mol. The summed E-state index contributed by atoms with van der Waals surface area (Å²) in [6, 6.07) is 33.6. The first-order valence-corrected chi connectivity index (χ1v) is 15.6. The van der Waals surface area contributed by atoms with Crippen molar-refractivity contribution in [3.63, 3.8) is 0 Å². The number of aromatic nitrogens is 1. The van der Waals surface area contributed by atoms with Gasteiger partial charge in [-0.15, -0.1) is 0 Å². The Bertz CT molecular complexity index is 2150. The number of imide groups is 1. The van der Waals surface area contributed by atoms with Gasteiger partial charge in [0.1, 0.15) is 5.70 Å². The van der Waals surface area contributed by atoms with Crippen LogP contribution in [0.2, 0.25) is 0 Å². The molecule has 10 nitrogen and oxygen atoms in total. The molecule has 0 bridgehead atoms. The Morgan fingerprint density at radius 1 is 0.796 bits per heavy atom. The van der Waals surface area contributed by atoms with E-state index in [1.165, 1.54) is 0 Å². The zero-order valence-electron chi connectivity index (χ0n) is 26.3. The van der Waals surface area contributed by atoms with E-state index in [1.54, 1.807) is 73.1 Å². The van der Waals surface area contributed by atoms with Gasteiger partial charge in [0, 0.05) is 40.5 Å². The molecule has 5 aromatic rings. The topological polar surface area (TPSA) is 133 Å². The smallest absolute Gasteiger partial charge is 0.333 e. The Kier molecular flexibility index (Phi) is 8.26. The number of urea groups is 1. The molecule has 4 N–H and O–H groups in total. The molecule has 0 radical (unpaired) electrons. The van der Waals surface area contributed by atoms with E-state index in [2.05, 4.69) is 26.3 Å². The highest BCUT2D eigenvalue weighted by atomic mass is 16.2. The van der Waals surface area contributed by atoms with E-state index in [-0.39, 0.29) is 23.6 Å². The van der Waals surface area contributed by atoms with Crippen LogP contribution in [0.5, 0.6) is 0 Å². The van der Waals surface area contributed by atoms with Crippen molar-refractivity contribution in [2.45, 2.75) is 13.0 Å². The highest BCUT2D eigenvalue weighted by Gasteiger charge is 2.35. The van der Waals surface area contributed by atoms with E-state index >= 15 is 0 Å². The number of carbonyl (C=O) groups is 4. The van der Waals surface area contributed by atoms with Crippen LogP contribution in [0.4, 0.5) is 21.9 Å². The zero-order chi connectivity index (χ0) is 33.9. The number of nitrogens with zero attached hydrogens (tertiary/aromatic N) is 2. The Labute approximate surface area is 282 Å². The number of amides is 5. The number of hydrogen-bond acceptors (Lipinski definition) is 6. The van der Waals surface area contributed by atoms with Crippen LogP contribution in [0, 0.1) is 0 Å². The van der Waals surface area contributed by atoms with Crippen molar-refractivity contribution in [2.75, 3.05) is 15.5 Å². The standard InChI is InChI=1S/C39H30N6O4/c1-24(26-10-6-3-7-11-26)41-36(46)28-12-17-32-31(23-28)34(37(47)43-32)35(27-18-20-40-21-19-27)42-29-13-15-30(16-14-29)45-38(48)33(44-39(45)49)22-25-8-4-2-5-9-25/h2-24,42H,1H3,(H,41,46)(H,43,47)(H,44,49)/b33-22-,35-34-/t24-/m1/s1. The lowest BCUT2D eigenvalue weighted by atomic mass is 9.98. The highest BCUT2D eigenvalue weighted by molar-refractivity contribution is 6.37. The maximum atomic E-state index is 13.5. The Morgan fingerprint density at radius 3 is 2.20 bits per heavy atom. The third-order valence-electron chi connectivity index (χ3n) is 8.28. The molecule has 2 aliphatic rings. The Morgan fingerprint density at radius 2 is 1.49 bits per heavy atom. The van der Waals surface area contributed by atoms with Gasteiger partial charge < -0.3 is 21.3 Å². The van der Waals surface area contributed by atoms with Gasteiger partial charge in [-0.25, -0.2) is 9.69 Å². The normalized spacial score (nSPS) is 16.1. The number of hydrogen-bond donors (Lipinski definition) is 4. The summed E-state index contributed by atoms with van der Waals surface area (Å²) in [6.07, 6.45) is 4.88. The largest absolute Gasteiger partial charge is 0.354 e. The molecule has 1 atom stereocenters. The van der Waals surface area contributed by atoms with Gasteiger partial charge in [-0.1, -0.05) is 60.7 Å². The van der Waals surface area contributed by atoms with Crippen LogP contribution >= 0.6 is 0 Å². The second-order valence-electron chi connectivity index (χ2n) is 11.5. The van der Waals surface area contributed by atoms with Crippen molar-refractivity contribution in [1.29, 1.82) is 0 Å². The van der Waals surface area contributed by atoms with E-state index in [0.29, 0.717) is 45.0 Å². The van der Waals surface area contributed by atoms with Gasteiger partial charge in [-0.05, 0) is 78.7 Å². The molecule has 1 saturated heterocycles. The summed E-state index contributed by atoms with van der Waals surface area (Å²) in [5.74, 6) is -1.07. The van der Waals surface area contributed by atoms with Crippen molar-refractivity contribution < 1.29 is 19.2 Å². The van der Waals surface area contributed by atoms with Gasteiger partial charge >= 0.3 is 6.03 Å². The predicted molar refractivity (Wildman–Crippen MR) is 189 cm³/mol. The lowest BCUT2D eigenvalue weighted by Crippen LogP contribution is -2.30. The fourth-order valence-corrected chi connectivity index (χ4v) is 5.78. The third-order valence-corrected chi connectivity index (χ3v) is 8.28. The molecule has 4 aromatic carbocycles. The molecule has 1 fully saturated rings. The minimum atomic E-state index is -0.551. The van der Waals surface area contributed by atoms with Crippen molar-refractivity contribution in [3.8, 4) is 0 Å². The molecule has 240 valence electrons. The number of anilines is 3. The van der Waals surface area contributed by atoms with Crippen LogP contribution < -0.4 is 26.2 Å². The number of nitrogens with one attached hydrogen (secondary N) is 4. The summed E-state index contributed by atoms with van der Waals surface area (Å²) in [4.78, 5) is 58.1. The minimum absolute atomic E-state index is 0.177. The van der Waals surface area contributed by atoms with Gasteiger partial charge in [-0.2, -0.15) is 0 Å². The highest BCUT2D eigenvalue weighted by Crippen LogP contribution is 2.38. The summed E-state index contributed by atoms with van der Waals surface area (Å²) in [5.41, 5.74) is 6.00. The number of carbonyl (C=O) groups excluding carboxylic acids is 4. The number of rotatable bonds is 8. The SMILES string of the molecule is C[C@@H](NC(=O)c1ccc2c(c1)/C(=C(/Nc1ccc(N3C(=O)N/C(=C\c4ccccc4)C3=O)cc1)c1ccncc1)C(=O)N2)c1ccccc1. The number of pyridine rings is 1. The Hall–Kier alpha value is -6.81. The first-order valence-electron chi connectivity index (χ1n) is 15.6. The first kappa shape index (κ1) is 30.8. The molecule has 7 rings (SSSR count). The predicted octanol–water partition coefficient (Wildman–Crippen LogP) is 6.60. The second-order valence-corrected chi connectivity index (χ2v) is 11.5. The molecule has 0 unspecified atom stereocenters. The molecule has 0 saturated carbocycles. The average molecular weight is 647 g/mol. The number of fused-ring (bicyclic) bond motifs is 1. The molecule has 3 heterocycles. The van der Waals surface area contributed by atoms with Gasteiger partial charge in [-0.3, -0.25) is 19.4 Å². The minimum Gasteiger partial charge on any atom is -0.354 e. The molecule has 10 heteroatoms. The molecule has 0 aliphatic carbocycles. The van der Waals surface area contributed by atoms with Crippen molar-refractivity contribution in [1.82, 2.24) is 15.6 Å². The van der Waals surface area contributed by atoms with Gasteiger partial charge in [0.05, 0.1) is 23.0 Å². The summed E-state index contributed by atoms with van der Waals surface area (Å²) in [5, 5.41) is 12.0. The summed E-state index contributed by atoms with van der Waals surface area (Å²) >= 11 is 0. The van der Waals surface area contributed by atoms with Gasteiger partial charge in [0.25, 0.3) is 17.7 Å². The first-order chi connectivity index (χ1) is 23.9. The van der Waals surface area contributed by atoms with Crippen LogP contribution in [-0.4, -0.2) is 28.7 Å². The molecule has 5 amide bonds. The van der Waals surface area contributed by atoms with Crippen LogP contribution in [0.25, 0.3) is 17.3 Å². The maximum Gasteiger partial charge on any atom is 0.333 e. The fraction of sp³-hybridized carbons (Fsp3) is 0.0513. The van der Waals surface area contributed by atoms with E-state index in [9.17, 15) is 19.2 Å². The third kappa shape index (κ3) is 6.30. The van der Waals surface area contributed by atoms with Crippen LogP contribution in [0.3, 0.4) is 0 Å². The monoisotopic (exact) mass is 646 g/mol. The maximum absolute atomic E-state index is 13.5. The molecule has 2 aliphatic heterocycles. The quantitative estimate of drug-likeness (QED) is 0.111. The summed E-state index contributed by atoms with van der Waals surface area (Å²) in [6.45, 7) is 1.92. The molecule has 49 heavy (non-hydrogen) atoms. The van der Waals surface area contributed by atoms with Gasteiger partial charge in [0.15, 0.2) is 0 Å². The molecular formula is C39H30N6O4. The lowest BCUT2D eigenvalue weighted by molar-refractivity contribution is -0.114. The van der Waals surface area contributed by atoms with Crippen molar-refractivity contribution in [3.05, 3.63) is 161 Å².